The van der Waals surface area contributed by atoms with Crippen LogP contribution in [0.15, 0.2) is 36.7 Å². The topological polar surface area (TPSA) is 82.6 Å². The average molecular weight is 396 g/mol. The lowest BCUT2D eigenvalue weighted by molar-refractivity contribution is -0.127. The van der Waals surface area contributed by atoms with E-state index in [1.165, 1.54) is 5.69 Å². The predicted molar refractivity (Wildman–Crippen MR) is 114 cm³/mol. The Labute approximate surface area is 171 Å². The molecule has 2 aromatic rings. The van der Waals surface area contributed by atoms with Crippen LogP contribution in [-0.2, 0) is 9.53 Å². The third-order valence-electron chi connectivity index (χ3n) is 5.27. The summed E-state index contributed by atoms with van der Waals surface area (Å²) in [6, 6.07) is 10.3. The summed E-state index contributed by atoms with van der Waals surface area (Å²) in [6.07, 6.45) is 4.14. The Hall–Kier alpha value is -2.87. The van der Waals surface area contributed by atoms with Crippen LogP contribution in [0.4, 0.5) is 23.0 Å². The van der Waals surface area contributed by atoms with Crippen molar-refractivity contribution < 1.29 is 9.53 Å². The van der Waals surface area contributed by atoms with Gasteiger partial charge in [-0.2, -0.15) is 0 Å². The Morgan fingerprint density at radius 1 is 1.03 bits per heavy atom. The molecule has 2 N–H and O–H groups in total. The molecule has 1 amide bonds. The van der Waals surface area contributed by atoms with E-state index in [4.69, 9.17) is 4.74 Å². The number of nitrogens with zero attached hydrogens (tertiary/aromatic N) is 4. The van der Waals surface area contributed by atoms with Gasteiger partial charge in [-0.25, -0.2) is 9.97 Å². The molecule has 2 aliphatic heterocycles. The highest BCUT2D eigenvalue weighted by Crippen LogP contribution is 2.22. The standard InChI is InChI=1S/C21H28N6O2/c28-21-3-1-9-27(21)10-2-8-22-19-15-20(24-16-23-19)25-17-4-6-18(7-5-17)26-11-13-29-14-12-26/h4-7,15-16H,1-3,8-14H2,(H2,22,23,24,25). The van der Waals surface area contributed by atoms with Crippen molar-refractivity contribution in [1.29, 1.82) is 0 Å². The van der Waals surface area contributed by atoms with Crippen LogP contribution in [0.1, 0.15) is 19.3 Å². The number of benzene rings is 1. The number of carbonyl (C=O) groups excluding carboxylic acids is 1. The molecule has 0 aliphatic carbocycles. The van der Waals surface area contributed by atoms with Gasteiger partial charge in [-0.05, 0) is 37.1 Å². The molecular weight excluding hydrogens is 368 g/mol. The number of ether oxygens (including phenoxy) is 1. The highest BCUT2D eigenvalue weighted by Gasteiger charge is 2.18. The van der Waals surface area contributed by atoms with Gasteiger partial charge in [-0.1, -0.05) is 0 Å². The third-order valence-corrected chi connectivity index (χ3v) is 5.27. The Morgan fingerprint density at radius 3 is 2.59 bits per heavy atom. The molecule has 1 aromatic carbocycles. The summed E-state index contributed by atoms with van der Waals surface area (Å²) in [5.74, 6) is 1.80. The molecule has 1 aromatic heterocycles. The Bertz CT molecular complexity index is 807. The molecule has 3 heterocycles. The van der Waals surface area contributed by atoms with Crippen LogP contribution < -0.4 is 15.5 Å². The fourth-order valence-corrected chi connectivity index (χ4v) is 3.67. The van der Waals surface area contributed by atoms with E-state index in [0.717, 1.165) is 76.1 Å². The number of morpholine rings is 1. The zero-order valence-corrected chi connectivity index (χ0v) is 16.6. The number of aromatic nitrogens is 2. The highest BCUT2D eigenvalue weighted by atomic mass is 16.5. The number of hydrogen-bond acceptors (Lipinski definition) is 7. The van der Waals surface area contributed by atoms with Gasteiger partial charge in [0.1, 0.15) is 18.0 Å². The summed E-state index contributed by atoms with van der Waals surface area (Å²) in [4.78, 5) is 24.5. The van der Waals surface area contributed by atoms with Crippen molar-refractivity contribution in [2.75, 3.05) is 61.5 Å². The molecule has 2 saturated heterocycles. The van der Waals surface area contributed by atoms with Gasteiger partial charge in [0.25, 0.3) is 0 Å². The van der Waals surface area contributed by atoms with E-state index in [9.17, 15) is 4.79 Å². The first-order chi connectivity index (χ1) is 14.3. The van der Waals surface area contributed by atoms with Gasteiger partial charge >= 0.3 is 0 Å². The van der Waals surface area contributed by atoms with Crippen LogP contribution in [0.2, 0.25) is 0 Å². The lowest BCUT2D eigenvalue weighted by atomic mass is 10.2. The van der Waals surface area contributed by atoms with Crippen molar-refractivity contribution in [3.05, 3.63) is 36.7 Å². The molecule has 2 fully saturated rings. The van der Waals surface area contributed by atoms with Crippen molar-refractivity contribution >= 4 is 28.9 Å². The summed E-state index contributed by atoms with van der Waals surface area (Å²) < 4.78 is 5.41. The van der Waals surface area contributed by atoms with E-state index < -0.39 is 0 Å². The lowest BCUT2D eigenvalue weighted by Gasteiger charge is -2.28. The zero-order chi connectivity index (χ0) is 19.9. The average Bonchev–Trinajstić information content (AvgIpc) is 3.17. The number of hydrogen-bond donors (Lipinski definition) is 2. The van der Waals surface area contributed by atoms with Crippen LogP contribution in [0.5, 0.6) is 0 Å². The first-order valence-corrected chi connectivity index (χ1v) is 10.3. The summed E-state index contributed by atoms with van der Waals surface area (Å²) in [5, 5.41) is 6.64. The number of amides is 1. The molecular formula is C21H28N6O2. The maximum Gasteiger partial charge on any atom is 0.222 e. The van der Waals surface area contributed by atoms with Crippen LogP contribution >= 0.6 is 0 Å². The van der Waals surface area contributed by atoms with E-state index in [1.807, 2.05) is 11.0 Å². The molecule has 0 bridgehead atoms. The highest BCUT2D eigenvalue weighted by molar-refractivity contribution is 5.78. The van der Waals surface area contributed by atoms with E-state index in [-0.39, 0.29) is 5.91 Å². The van der Waals surface area contributed by atoms with Crippen molar-refractivity contribution in [3.63, 3.8) is 0 Å². The second kappa shape index (κ2) is 9.56. The minimum Gasteiger partial charge on any atom is -0.378 e. The molecule has 0 spiro atoms. The van der Waals surface area contributed by atoms with Crippen LogP contribution in [-0.4, -0.2) is 66.7 Å². The molecule has 2 aliphatic rings. The fourth-order valence-electron chi connectivity index (χ4n) is 3.67. The summed E-state index contributed by atoms with van der Waals surface area (Å²) in [7, 11) is 0. The van der Waals surface area contributed by atoms with Gasteiger partial charge in [-0.3, -0.25) is 4.79 Å². The van der Waals surface area contributed by atoms with Crippen LogP contribution in [0.25, 0.3) is 0 Å². The van der Waals surface area contributed by atoms with E-state index in [1.54, 1.807) is 6.33 Å². The van der Waals surface area contributed by atoms with Gasteiger partial charge < -0.3 is 25.2 Å². The molecule has 154 valence electrons. The van der Waals surface area contributed by atoms with Crippen LogP contribution in [0.3, 0.4) is 0 Å². The van der Waals surface area contributed by atoms with Gasteiger partial charge in [0.05, 0.1) is 13.2 Å². The predicted octanol–water partition coefficient (Wildman–Crippen LogP) is 2.48. The maximum atomic E-state index is 11.6. The maximum absolute atomic E-state index is 11.6. The van der Waals surface area contributed by atoms with Gasteiger partial charge in [0.15, 0.2) is 0 Å². The molecule has 29 heavy (non-hydrogen) atoms. The summed E-state index contributed by atoms with van der Waals surface area (Å²) in [5.41, 5.74) is 2.19. The molecule has 4 rings (SSSR count). The third kappa shape index (κ3) is 5.35. The monoisotopic (exact) mass is 396 g/mol. The largest absolute Gasteiger partial charge is 0.378 e. The second-order valence-electron chi connectivity index (χ2n) is 7.32. The molecule has 0 saturated carbocycles. The second-order valence-corrected chi connectivity index (χ2v) is 7.32. The van der Waals surface area contributed by atoms with Crippen LogP contribution in [0, 0.1) is 0 Å². The van der Waals surface area contributed by atoms with E-state index >= 15 is 0 Å². The first kappa shape index (κ1) is 19.4. The lowest BCUT2D eigenvalue weighted by Crippen LogP contribution is -2.36. The SMILES string of the molecule is O=C1CCCN1CCCNc1cc(Nc2ccc(N3CCOCC3)cc2)ncn1. The van der Waals surface area contributed by atoms with Crippen molar-refractivity contribution in [2.45, 2.75) is 19.3 Å². The number of nitrogens with one attached hydrogen (secondary N) is 2. The molecule has 0 radical (unpaired) electrons. The number of likely N-dealkylation sites (tertiary alicyclic amines) is 1. The Morgan fingerprint density at radius 2 is 1.83 bits per heavy atom. The minimum atomic E-state index is 0.276. The van der Waals surface area contributed by atoms with Gasteiger partial charge in [0.2, 0.25) is 5.91 Å². The van der Waals surface area contributed by atoms with Gasteiger partial charge in [0, 0.05) is 56.6 Å². The zero-order valence-electron chi connectivity index (χ0n) is 16.6. The first-order valence-electron chi connectivity index (χ1n) is 10.3. The summed E-state index contributed by atoms with van der Waals surface area (Å²) >= 11 is 0. The minimum absolute atomic E-state index is 0.276. The fraction of sp³-hybridized carbons (Fsp3) is 0.476. The summed E-state index contributed by atoms with van der Waals surface area (Å²) in [6.45, 7) is 5.89. The quantitative estimate of drug-likeness (QED) is 0.663. The molecule has 0 atom stereocenters. The Balaban J connectivity index is 1.26. The van der Waals surface area contributed by atoms with Crippen molar-refractivity contribution in [3.8, 4) is 0 Å². The molecule has 8 nitrogen and oxygen atoms in total. The van der Waals surface area contributed by atoms with Crippen molar-refractivity contribution in [2.24, 2.45) is 0 Å². The normalized spacial score (nSPS) is 16.9. The molecule has 0 unspecified atom stereocenters. The smallest absolute Gasteiger partial charge is 0.222 e. The van der Waals surface area contributed by atoms with E-state index in [0.29, 0.717) is 6.42 Å². The van der Waals surface area contributed by atoms with E-state index in [2.05, 4.69) is 49.8 Å². The molecule has 8 heteroatoms. The van der Waals surface area contributed by atoms with Gasteiger partial charge in [-0.15, -0.1) is 0 Å². The van der Waals surface area contributed by atoms with Crippen molar-refractivity contribution in [1.82, 2.24) is 14.9 Å². The number of anilines is 4. The number of carbonyl (C=O) groups is 1. The number of rotatable bonds is 8. The Kier molecular flexibility index (Phi) is 6.41.